The summed E-state index contributed by atoms with van der Waals surface area (Å²) in [5.74, 6) is -0.129. The zero-order valence-corrected chi connectivity index (χ0v) is 15.8. The molecule has 2 rings (SSSR count). The molecule has 0 aliphatic heterocycles. The van der Waals surface area contributed by atoms with Crippen LogP contribution in [0.1, 0.15) is 18.1 Å². The maximum atomic E-state index is 13.1. The van der Waals surface area contributed by atoms with Gasteiger partial charge in [-0.3, -0.25) is 9.59 Å². The Balaban J connectivity index is 0.00000114. The molecule has 0 aliphatic rings. The Morgan fingerprint density at radius 2 is 1.67 bits per heavy atom. The van der Waals surface area contributed by atoms with E-state index in [1.807, 2.05) is 12.1 Å². The van der Waals surface area contributed by atoms with Crippen LogP contribution in [-0.4, -0.2) is 32.6 Å². The van der Waals surface area contributed by atoms with Crippen molar-refractivity contribution >= 4 is 11.8 Å². The Hall–Kier alpha value is -2.93. The van der Waals surface area contributed by atoms with Crippen molar-refractivity contribution in [2.24, 2.45) is 0 Å². The van der Waals surface area contributed by atoms with E-state index in [4.69, 9.17) is 4.74 Å². The average Bonchev–Trinajstić information content (AvgIpc) is 2.64. The largest absolute Gasteiger partial charge is 0.489 e. The first-order valence-corrected chi connectivity index (χ1v) is 8.32. The van der Waals surface area contributed by atoms with Crippen molar-refractivity contribution in [3.05, 3.63) is 65.5 Å². The fraction of sp³-hybridized carbons (Fsp3) is 0.300. The summed E-state index contributed by atoms with van der Waals surface area (Å²) in [5.41, 5.74) is 1.66. The van der Waals surface area contributed by atoms with E-state index in [0.717, 1.165) is 11.1 Å². The highest BCUT2D eigenvalue weighted by atomic mass is 19.1. The maximum absolute atomic E-state index is 13.1. The molecule has 0 aliphatic carbocycles. The van der Waals surface area contributed by atoms with Crippen LogP contribution in [0, 0.1) is 5.82 Å². The normalized spacial score (nSPS) is 9.63. The van der Waals surface area contributed by atoms with E-state index < -0.39 is 0 Å². The maximum Gasteiger partial charge on any atom is 0.239 e. The average molecular weight is 376 g/mol. The van der Waals surface area contributed by atoms with Crippen LogP contribution in [-0.2, 0) is 27.5 Å². The molecule has 2 aromatic rings. The van der Waals surface area contributed by atoms with Gasteiger partial charge in [0, 0.05) is 27.7 Å². The van der Waals surface area contributed by atoms with Gasteiger partial charge in [0.2, 0.25) is 11.8 Å². The predicted octanol–water partition coefficient (Wildman–Crippen LogP) is 2.42. The monoisotopic (exact) mass is 376 g/mol. The summed E-state index contributed by atoms with van der Waals surface area (Å²) in [4.78, 5) is 22.2. The highest BCUT2D eigenvalue weighted by Crippen LogP contribution is 2.14. The molecule has 0 unspecified atom stereocenters. The third-order valence-corrected chi connectivity index (χ3v) is 3.21. The first kappa shape index (κ1) is 22.1. The molecular formula is C20H25FN2O4. The van der Waals surface area contributed by atoms with Crippen molar-refractivity contribution in [3.63, 3.8) is 0 Å². The number of hydrogen-bond acceptors (Lipinski definition) is 4. The first-order valence-electron chi connectivity index (χ1n) is 8.32. The third-order valence-electron chi connectivity index (χ3n) is 3.21. The number of methoxy groups -OCH3 is 1. The molecule has 0 heterocycles. The van der Waals surface area contributed by atoms with E-state index in [1.165, 1.54) is 19.1 Å². The zero-order valence-electron chi connectivity index (χ0n) is 15.8. The van der Waals surface area contributed by atoms with Gasteiger partial charge in [0.25, 0.3) is 0 Å². The Bertz CT molecular complexity index is 720. The molecule has 0 aromatic heterocycles. The second-order valence-corrected chi connectivity index (χ2v) is 5.66. The summed E-state index contributed by atoms with van der Waals surface area (Å²) in [5, 5.41) is 5.13. The number of ether oxygens (including phenoxy) is 2. The molecule has 0 radical (unpaired) electrons. The number of carbonyl (C=O) groups excluding carboxylic acids is 2. The Morgan fingerprint density at radius 1 is 1.00 bits per heavy atom. The van der Waals surface area contributed by atoms with Crippen LogP contribution < -0.4 is 15.4 Å². The molecule has 0 saturated heterocycles. The van der Waals surface area contributed by atoms with Gasteiger partial charge in [0.1, 0.15) is 18.2 Å². The molecule has 146 valence electrons. The number of benzene rings is 2. The van der Waals surface area contributed by atoms with Crippen LogP contribution in [0.4, 0.5) is 4.39 Å². The Morgan fingerprint density at radius 3 is 2.26 bits per heavy atom. The fourth-order valence-corrected chi connectivity index (χ4v) is 1.96. The Labute approximate surface area is 158 Å². The van der Waals surface area contributed by atoms with E-state index in [-0.39, 0.29) is 30.8 Å². The molecule has 0 atom stereocenters. The molecule has 7 heteroatoms. The van der Waals surface area contributed by atoms with Crippen molar-refractivity contribution in [1.82, 2.24) is 10.6 Å². The summed E-state index contributed by atoms with van der Waals surface area (Å²) in [6, 6.07) is 13.5. The number of amides is 2. The van der Waals surface area contributed by atoms with E-state index in [9.17, 15) is 14.0 Å². The minimum Gasteiger partial charge on any atom is -0.489 e. The fourth-order valence-electron chi connectivity index (χ4n) is 1.96. The summed E-state index contributed by atoms with van der Waals surface area (Å²) >= 11 is 0. The van der Waals surface area contributed by atoms with Gasteiger partial charge in [-0.25, -0.2) is 4.39 Å². The van der Waals surface area contributed by atoms with E-state index >= 15 is 0 Å². The number of halogens is 1. The lowest BCUT2D eigenvalue weighted by Crippen LogP contribution is -2.35. The number of carbonyl (C=O) groups is 2. The minimum absolute atomic E-state index is 0.0375. The van der Waals surface area contributed by atoms with E-state index in [2.05, 4.69) is 15.4 Å². The summed E-state index contributed by atoms with van der Waals surface area (Å²) in [7, 11) is 3.25. The molecule has 0 spiro atoms. The lowest BCUT2D eigenvalue weighted by Gasteiger charge is -2.09. The van der Waals surface area contributed by atoms with Crippen LogP contribution in [0.5, 0.6) is 5.75 Å². The van der Waals surface area contributed by atoms with Crippen molar-refractivity contribution < 1.29 is 23.5 Å². The smallest absolute Gasteiger partial charge is 0.239 e. The summed E-state index contributed by atoms with van der Waals surface area (Å²) in [6.07, 6.45) is 0. The van der Waals surface area contributed by atoms with Crippen LogP contribution in [0.2, 0.25) is 0 Å². The minimum atomic E-state index is -0.290. The predicted molar refractivity (Wildman–Crippen MR) is 101 cm³/mol. The molecule has 6 nitrogen and oxygen atoms in total. The van der Waals surface area contributed by atoms with Gasteiger partial charge < -0.3 is 20.1 Å². The molecule has 2 N–H and O–H groups in total. The van der Waals surface area contributed by atoms with Gasteiger partial charge in [-0.2, -0.15) is 0 Å². The van der Waals surface area contributed by atoms with Crippen molar-refractivity contribution in [2.75, 3.05) is 20.8 Å². The van der Waals surface area contributed by atoms with Gasteiger partial charge in [0.15, 0.2) is 0 Å². The second kappa shape index (κ2) is 12.4. The highest BCUT2D eigenvalue weighted by Gasteiger charge is 2.03. The van der Waals surface area contributed by atoms with Crippen molar-refractivity contribution in [1.29, 1.82) is 0 Å². The van der Waals surface area contributed by atoms with Gasteiger partial charge in [-0.15, -0.1) is 0 Å². The topological polar surface area (TPSA) is 76.7 Å². The molecule has 0 saturated carbocycles. The SMILES string of the molecule is CC(=O)NCC(=O)NCc1ccc(OCc2cccc(F)c2)cc1.COC. The lowest BCUT2D eigenvalue weighted by molar-refractivity contribution is -0.125. The zero-order chi connectivity index (χ0) is 20.1. The molecule has 0 fully saturated rings. The van der Waals surface area contributed by atoms with Crippen LogP contribution in [0.3, 0.4) is 0 Å². The van der Waals surface area contributed by atoms with Crippen LogP contribution in [0.25, 0.3) is 0 Å². The van der Waals surface area contributed by atoms with Crippen molar-refractivity contribution in [2.45, 2.75) is 20.1 Å². The van der Waals surface area contributed by atoms with Gasteiger partial charge >= 0.3 is 0 Å². The van der Waals surface area contributed by atoms with Crippen LogP contribution >= 0.6 is 0 Å². The van der Waals surface area contributed by atoms with E-state index in [0.29, 0.717) is 12.3 Å². The quantitative estimate of drug-likeness (QED) is 0.778. The standard InChI is InChI=1S/C18H19FN2O3.C2H6O/c1-13(22)20-11-18(23)21-10-14-5-7-17(8-6-14)24-12-15-3-2-4-16(19)9-15;1-3-2/h2-9H,10-12H2,1H3,(H,20,22)(H,21,23);1-2H3. The van der Waals surface area contributed by atoms with Gasteiger partial charge in [0.05, 0.1) is 6.54 Å². The molecule has 2 amide bonds. The lowest BCUT2D eigenvalue weighted by atomic mass is 10.2. The molecular weight excluding hydrogens is 351 g/mol. The summed E-state index contributed by atoms with van der Waals surface area (Å²) in [6.45, 7) is 1.97. The van der Waals surface area contributed by atoms with E-state index in [1.54, 1.807) is 38.5 Å². The molecule has 27 heavy (non-hydrogen) atoms. The number of nitrogens with one attached hydrogen (secondary N) is 2. The molecule has 0 bridgehead atoms. The second-order valence-electron chi connectivity index (χ2n) is 5.66. The first-order chi connectivity index (χ1) is 12.9. The van der Waals surface area contributed by atoms with Gasteiger partial charge in [-0.1, -0.05) is 24.3 Å². The Kier molecular flexibility index (Phi) is 10.2. The van der Waals surface area contributed by atoms with Gasteiger partial charge in [-0.05, 0) is 35.4 Å². The highest BCUT2D eigenvalue weighted by molar-refractivity contribution is 5.83. The van der Waals surface area contributed by atoms with Crippen molar-refractivity contribution in [3.8, 4) is 5.75 Å². The number of rotatable bonds is 7. The van der Waals surface area contributed by atoms with Crippen LogP contribution in [0.15, 0.2) is 48.5 Å². The number of hydrogen-bond donors (Lipinski definition) is 2. The third kappa shape index (κ3) is 9.96. The summed E-state index contributed by atoms with van der Waals surface area (Å²) < 4.78 is 22.9. The molecule has 2 aromatic carbocycles.